The highest BCUT2D eigenvalue weighted by Crippen LogP contribution is 2.31. The summed E-state index contributed by atoms with van der Waals surface area (Å²) in [5.41, 5.74) is 0.918. The SMILES string of the molecule is CSC1CCC(N(C)C(=O)CCCc2nnc(-c3ccccc3)o2)C1. The number of carbonyl (C=O) groups is 1. The van der Waals surface area contributed by atoms with E-state index < -0.39 is 0 Å². The quantitative estimate of drug-likeness (QED) is 0.752. The molecule has 1 aromatic heterocycles. The molecule has 2 atom stereocenters. The van der Waals surface area contributed by atoms with E-state index in [9.17, 15) is 4.79 Å². The van der Waals surface area contributed by atoms with E-state index in [1.807, 2.05) is 54.0 Å². The summed E-state index contributed by atoms with van der Waals surface area (Å²) in [6, 6.07) is 10.1. The smallest absolute Gasteiger partial charge is 0.247 e. The molecular weight excluding hydrogens is 334 g/mol. The fourth-order valence-corrected chi connectivity index (χ4v) is 4.09. The number of hydrogen-bond donors (Lipinski definition) is 0. The van der Waals surface area contributed by atoms with Gasteiger partial charge in [-0.1, -0.05) is 18.2 Å². The van der Waals surface area contributed by atoms with Crippen LogP contribution in [0.3, 0.4) is 0 Å². The van der Waals surface area contributed by atoms with E-state index in [4.69, 9.17) is 4.42 Å². The maximum atomic E-state index is 12.4. The first-order valence-electron chi connectivity index (χ1n) is 8.83. The standard InChI is InChI=1S/C19H25N3O2S/c1-22(15-11-12-16(13-15)25-2)18(23)10-6-9-17-20-21-19(24-17)14-7-4-3-5-8-14/h3-5,7-8,15-16H,6,9-13H2,1-2H3. The zero-order valence-electron chi connectivity index (χ0n) is 14.9. The van der Waals surface area contributed by atoms with Gasteiger partial charge in [0.1, 0.15) is 0 Å². The molecule has 1 amide bonds. The van der Waals surface area contributed by atoms with Crippen molar-refractivity contribution < 1.29 is 9.21 Å². The van der Waals surface area contributed by atoms with Gasteiger partial charge in [0.15, 0.2) is 0 Å². The van der Waals surface area contributed by atoms with Crippen molar-refractivity contribution in [3.05, 3.63) is 36.2 Å². The van der Waals surface area contributed by atoms with Gasteiger partial charge in [0, 0.05) is 36.7 Å². The number of aryl methyl sites for hydroxylation is 1. The van der Waals surface area contributed by atoms with Crippen LogP contribution < -0.4 is 0 Å². The van der Waals surface area contributed by atoms with Crippen LogP contribution in [0.1, 0.15) is 38.0 Å². The second-order valence-electron chi connectivity index (χ2n) is 6.55. The van der Waals surface area contributed by atoms with Gasteiger partial charge in [0.25, 0.3) is 0 Å². The summed E-state index contributed by atoms with van der Waals surface area (Å²) in [6.45, 7) is 0. The Morgan fingerprint density at radius 3 is 2.80 bits per heavy atom. The van der Waals surface area contributed by atoms with Crippen LogP contribution in [0.15, 0.2) is 34.7 Å². The molecule has 0 spiro atoms. The van der Waals surface area contributed by atoms with Gasteiger partial charge in [-0.15, -0.1) is 10.2 Å². The number of rotatable bonds is 7. The van der Waals surface area contributed by atoms with E-state index in [1.165, 1.54) is 6.42 Å². The summed E-state index contributed by atoms with van der Waals surface area (Å²) in [6.07, 6.45) is 7.51. The largest absolute Gasteiger partial charge is 0.421 e. The molecular formula is C19H25N3O2S. The number of nitrogens with zero attached hydrogens (tertiary/aromatic N) is 3. The highest BCUT2D eigenvalue weighted by atomic mass is 32.2. The predicted octanol–water partition coefficient (Wildman–Crippen LogP) is 3.80. The molecule has 0 N–H and O–H groups in total. The van der Waals surface area contributed by atoms with Crippen LogP contribution >= 0.6 is 11.8 Å². The summed E-state index contributed by atoms with van der Waals surface area (Å²) < 4.78 is 5.69. The van der Waals surface area contributed by atoms with Crippen molar-refractivity contribution in [1.29, 1.82) is 0 Å². The van der Waals surface area contributed by atoms with E-state index in [-0.39, 0.29) is 5.91 Å². The molecule has 3 rings (SSSR count). The number of carbonyl (C=O) groups excluding carboxylic acids is 1. The molecule has 1 aromatic carbocycles. The number of thioether (sulfide) groups is 1. The minimum absolute atomic E-state index is 0.217. The Labute approximate surface area is 153 Å². The van der Waals surface area contributed by atoms with E-state index in [0.717, 1.165) is 24.8 Å². The molecule has 6 heteroatoms. The van der Waals surface area contributed by atoms with Crippen LogP contribution in [-0.4, -0.2) is 45.6 Å². The third-order valence-electron chi connectivity index (χ3n) is 4.90. The van der Waals surface area contributed by atoms with Crippen molar-refractivity contribution in [3.63, 3.8) is 0 Å². The van der Waals surface area contributed by atoms with Gasteiger partial charge in [0.05, 0.1) is 0 Å². The van der Waals surface area contributed by atoms with Crippen LogP contribution in [0.4, 0.5) is 0 Å². The van der Waals surface area contributed by atoms with Crippen molar-refractivity contribution in [2.45, 2.75) is 49.8 Å². The van der Waals surface area contributed by atoms with Gasteiger partial charge >= 0.3 is 0 Å². The van der Waals surface area contributed by atoms with Crippen LogP contribution in [0.5, 0.6) is 0 Å². The molecule has 25 heavy (non-hydrogen) atoms. The van der Waals surface area contributed by atoms with Gasteiger partial charge < -0.3 is 9.32 Å². The van der Waals surface area contributed by atoms with Gasteiger partial charge in [-0.3, -0.25) is 4.79 Å². The van der Waals surface area contributed by atoms with Crippen molar-refractivity contribution in [2.24, 2.45) is 0 Å². The molecule has 1 fully saturated rings. The van der Waals surface area contributed by atoms with Crippen molar-refractivity contribution in [1.82, 2.24) is 15.1 Å². The summed E-state index contributed by atoms with van der Waals surface area (Å²) in [5.74, 6) is 1.35. The molecule has 0 aliphatic heterocycles. The fourth-order valence-electron chi connectivity index (χ4n) is 3.31. The van der Waals surface area contributed by atoms with E-state index in [0.29, 0.717) is 35.9 Å². The summed E-state index contributed by atoms with van der Waals surface area (Å²) in [7, 11) is 1.94. The lowest BCUT2D eigenvalue weighted by Gasteiger charge is -2.24. The van der Waals surface area contributed by atoms with Gasteiger partial charge in [-0.2, -0.15) is 11.8 Å². The average molecular weight is 359 g/mol. The van der Waals surface area contributed by atoms with Gasteiger partial charge in [-0.25, -0.2) is 0 Å². The van der Waals surface area contributed by atoms with Gasteiger partial charge in [-0.05, 0) is 44.1 Å². The Balaban J connectivity index is 1.45. The Morgan fingerprint density at radius 1 is 1.28 bits per heavy atom. The van der Waals surface area contributed by atoms with Crippen LogP contribution in [0.2, 0.25) is 0 Å². The molecule has 5 nitrogen and oxygen atoms in total. The first-order valence-corrected chi connectivity index (χ1v) is 10.1. The van der Waals surface area contributed by atoms with Crippen molar-refractivity contribution in [3.8, 4) is 11.5 Å². The highest BCUT2D eigenvalue weighted by molar-refractivity contribution is 7.99. The summed E-state index contributed by atoms with van der Waals surface area (Å²) in [5, 5.41) is 8.88. The van der Waals surface area contributed by atoms with E-state index >= 15 is 0 Å². The number of aromatic nitrogens is 2. The molecule has 1 saturated carbocycles. The zero-order valence-corrected chi connectivity index (χ0v) is 15.7. The Bertz CT molecular complexity index is 689. The molecule has 1 aliphatic rings. The van der Waals surface area contributed by atoms with Crippen LogP contribution in [-0.2, 0) is 11.2 Å². The highest BCUT2D eigenvalue weighted by Gasteiger charge is 2.29. The molecule has 2 unspecified atom stereocenters. The number of amides is 1. The average Bonchev–Trinajstić information content (AvgIpc) is 3.31. The molecule has 1 heterocycles. The zero-order chi connectivity index (χ0) is 17.6. The predicted molar refractivity (Wildman–Crippen MR) is 100 cm³/mol. The maximum absolute atomic E-state index is 12.4. The van der Waals surface area contributed by atoms with E-state index in [2.05, 4.69) is 16.5 Å². The molecule has 0 saturated heterocycles. The minimum Gasteiger partial charge on any atom is -0.421 e. The lowest BCUT2D eigenvalue weighted by atomic mass is 10.1. The molecule has 0 bridgehead atoms. The van der Waals surface area contributed by atoms with Crippen molar-refractivity contribution in [2.75, 3.05) is 13.3 Å². The Morgan fingerprint density at radius 2 is 2.08 bits per heavy atom. The topological polar surface area (TPSA) is 59.2 Å². The molecule has 1 aliphatic carbocycles. The molecule has 2 aromatic rings. The molecule has 0 radical (unpaired) electrons. The third kappa shape index (κ3) is 4.63. The molecule has 134 valence electrons. The monoisotopic (exact) mass is 359 g/mol. The number of hydrogen-bond acceptors (Lipinski definition) is 5. The minimum atomic E-state index is 0.217. The first-order chi connectivity index (χ1) is 12.2. The first kappa shape index (κ1) is 18.0. The van der Waals surface area contributed by atoms with Crippen LogP contribution in [0.25, 0.3) is 11.5 Å². The second-order valence-corrected chi connectivity index (χ2v) is 7.69. The number of benzene rings is 1. The maximum Gasteiger partial charge on any atom is 0.247 e. The normalized spacial score (nSPS) is 19.9. The summed E-state index contributed by atoms with van der Waals surface area (Å²) in [4.78, 5) is 14.3. The lowest BCUT2D eigenvalue weighted by Crippen LogP contribution is -2.35. The second kappa shape index (κ2) is 8.52. The van der Waals surface area contributed by atoms with Gasteiger partial charge in [0.2, 0.25) is 17.7 Å². The van der Waals surface area contributed by atoms with Crippen molar-refractivity contribution >= 4 is 17.7 Å². The fraction of sp³-hybridized carbons (Fsp3) is 0.526. The summed E-state index contributed by atoms with van der Waals surface area (Å²) >= 11 is 1.92. The van der Waals surface area contributed by atoms with Crippen LogP contribution in [0, 0.1) is 0 Å². The van der Waals surface area contributed by atoms with E-state index in [1.54, 1.807) is 0 Å². The lowest BCUT2D eigenvalue weighted by molar-refractivity contribution is -0.131. The third-order valence-corrected chi connectivity index (χ3v) is 5.99. The Hall–Kier alpha value is -1.82. The Kier molecular flexibility index (Phi) is 6.13.